The number of nitrogen functional groups attached to an aromatic ring is 1. The summed E-state index contributed by atoms with van der Waals surface area (Å²) in [6.45, 7) is 2.42. The minimum absolute atomic E-state index is 0.290. The van der Waals surface area contributed by atoms with Gasteiger partial charge in [0.2, 0.25) is 0 Å². The molecule has 0 aliphatic rings. The van der Waals surface area contributed by atoms with Crippen LogP contribution in [0.3, 0.4) is 0 Å². The average Bonchev–Trinajstić information content (AvgIpc) is 2.99. The fourth-order valence-corrected chi connectivity index (χ4v) is 2.19. The lowest BCUT2D eigenvalue weighted by Gasteiger charge is -2.07. The van der Waals surface area contributed by atoms with Crippen molar-refractivity contribution in [1.82, 2.24) is 19.7 Å². The number of fused-ring (bicyclic) bond motifs is 1. The normalized spacial score (nSPS) is 10.9. The molecule has 1 amide bonds. The predicted octanol–water partition coefficient (Wildman–Crippen LogP) is 0.907. The van der Waals surface area contributed by atoms with Crippen molar-refractivity contribution < 1.29 is 4.79 Å². The van der Waals surface area contributed by atoms with Gasteiger partial charge < -0.3 is 21.0 Å². The second-order valence-electron chi connectivity index (χ2n) is 4.56. The monoisotopic (exact) mass is 286 g/mol. The molecule has 2 heterocycles. The maximum atomic E-state index is 12.3. The number of aryl methyl sites for hydroxylation is 1. The van der Waals surface area contributed by atoms with Gasteiger partial charge in [0.1, 0.15) is 5.69 Å². The van der Waals surface area contributed by atoms with Crippen molar-refractivity contribution in [1.29, 1.82) is 0 Å². The minimum atomic E-state index is -0.343. The van der Waals surface area contributed by atoms with E-state index < -0.39 is 0 Å². The zero-order chi connectivity index (χ0) is 15.0. The van der Waals surface area contributed by atoms with Gasteiger partial charge in [-0.25, -0.2) is 4.79 Å². The molecule has 5 N–H and O–H groups in total. The number of nitrogens with one attached hydrogen (secondary N) is 3. The number of nitrogens with two attached hydrogens (primary N) is 1. The predicted molar refractivity (Wildman–Crippen MR) is 79.2 cm³/mol. The largest absolute Gasteiger partial charge is 0.396 e. The van der Waals surface area contributed by atoms with E-state index in [0.717, 1.165) is 0 Å². The molecule has 3 aromatic rings. The number of H-pyrrole nitrogens is 2. The number of rotatable bonds is 3. The van der Waals surface area contributed by atoms with Crippen LogP contribution in [0.25, 0.3) is 11.0 Å². The molecule has 8 nitrogen and oxygen atoms in total. The molecule has 0 aliphatic carbocycles. The molecule has 108 valence electrons. The van der Waals surface area contributed by atoms with Crippen LogP contribution in [0.1, 0.15) is 17.4 Å². The Labute approximate surface area is 119 Å². The van der Waals surface area contributed by atoms with Crippen LogP contribution in [0.5, 0.6) is 0 Å². The van der Waals surface area contributed by atoms with E-state index in [2.05, 4.69) is 20.4 Å². The van der Waals surface area contributed by atoms with Crippen molar-refractivity contribution in [2.75, 3.05) is 11.1 Å². The van der Waals surface area contributed by atoms with Crippen molar-refractivity contribution >= 4 is 28.3 Å². The molecule has 0 spiro atoms. The van der Waals surface area contributed by atoms with Crippen LogP contribution in [0.15, 0.2) is 29.2 Å². The van der Waals surface area contributed by atoms with Gasteiger partial charge in [-0.2, -0.15) is 5.10 Å². The van der Waals surface area contributed by atoms with Crippen LogP contribution >= 0.6 is 0 Å². The summed E-state index contributed by atoms with van der Waals surface area (Å²) in [5.74, 6) is -0.343. The first-order valence-electron chi connectivity index (χ1n) is 6.43. The van der Waals surface area contributed by atoms with Gasteiger partial charge in [0, 0.05) is 12.2 Å². The van der Waals surface area contributed by atoms with Gasteiger partial charge in [0.05, 0.1) is 22.9 Å². The Kier molecular flexibility index (Phi) is 2.98. The molecular formula is C13H14N6O2. The zero-order valence-electron chi connectivity index (χ0n) is 11.3. The van der Waals surface area contributed by atoms with E-state index in [-0.39, 0.29) is 11.6 Å². The van der Waals surface area contributed by atoms with E-state index in [1.807, 2.05) is 6.92 Å². The van der Waals surface area contributed by atoms with E-state index in [4.69, 9.17) is 5.73 Å². The van der Waals surface area contributed by atoms with E-state index in [9.17, 15) is 9.59 Å². The van der Waals surface area contributed by atoms with E-state index in [1.165, 1.54) is 10.9 Å². The summed E-state index contributed by atoms with van der Waals surface area (Å²) in [6.07, 6.45) is 1.45. The molecule has 0 unspecified atom stereocenters. The topological polar surface area (TPSA) is 122 Å². The van der Waals surface area contributed by atoms with Gasteiger partial charge >= 0.3 is 5.69 Å². The first-order valence-corrected chi connectivity index (χ1v) is 6.43. The fourth-order valence-electron chi connectivity index (χ4n) is 2.19. The lowest BCUT2D eigenvalue weighted by molar-refractivity contribution is 0.101. The number of carbonyl (C=O) groups is 1. The van der Waals surface area contributed by atoms with Crippen molar-refractivity contribution in [3.63, 3.8) is 0 Å². The highest BCUT2D eigenvalue weighted by atomic mass is 16.2. The molecule has 0 atom stereocenters. The smallest absolute Gasteiger partial charge is 0.323 e. The van der Waals surface area contributed by atoms with Crippen LogP contribution < -0.4 is 16.7 Å². The molecule has 0 saturated heterocycles. The number of benzene rings is 1. The van der Waals surface area contributed by atoms with E-state index in [1.54, 1.807) is 18.2 Å². The lowest BCUT2D eigenvalue weighted by atomic mass is 10.2. The highest BCUT2D eigenvalue weighted by Crippen LogP contribution is 2.17. The molecule has 1 aromatic carbocycles. The van der Waals surface area contributed by atoms with Gasteiger partial charge in [0.15, 0.2) is 0 Å². The zero-order valence-corrected chi connectivity index (χ0v) is 11.3. The molecule has 0 aliphatic heterocycles. The number of anilines is 2. The van der Waals surface area contributed by atoms with Crippen LogP contribution in [0, 0.1) is 0 Å². The van der Waals surface area contributed by atoms with Crippen molar-refractivity contribution in [3.05, 3.63) is 40.6 Å². The summed E-state index contributed by atoms with van der Waals surface area (Å²) in [4.78, 5) is 28.8. The van der Waals surface area contributed by atoms with Gasteiger partial charge in [-0.05, 0) is 25.1 Å². The molecule has 2 aromatic heterocycles. The molecular weight excluding hydrogens is 272 g/mol. The SMILES string of the molecule is CCn1ncc(N)c1C(=O)Nc1ccc2[nH]c(=O)[nH]c2c1. The Morgan fingerprint density at radius 3 is 2.90 bits per heavy atom. The van der Waals surface area contributed by atoms with E-state index in [0.29, 0.717) is 34.6 Å². The number of amides is 1. The summed E-state index contributed by atoms with van der Waals surface area (Å²) in [6, 6.07) is 5.09. The molecule has 21 heavy (non-hydrogen) atoms. The number of carbonyl (C=O) groups excluding carboxylic acids is 1. The van der Waals surface area contributed by atoms with Crippen molar-refractivity contribution in [3.8, 4) is 0 Å². The lowest BCUT2D eigenvalue weighted by Crippen LogP contribution is -2.18. The molecule has 8 heteroatoms. The average molecular weight is 286 g/mol. The summed E-state index contributed by atoms with van der Waals surface area (Å²) in [5, 5.41) is 6.77. The highest BCUT2D eigenvalue weighted by molar-refractivity contribution is 6.06. The number of aromatic nitrogens is 4. The first-order chi connectivity index (χ1) is 10.1. The molecule has 3 rings (SSSR count). The van der Waals surface area contributed by atoms with Gasteiger partial charge in [-0.15, -0.1) is 0 Å². The number of hydrogen-bond donors (Lipinski definition) is 4. The summed E-state index contributed by atoms with van der Waals surface area (Å²) >= 11 is 0. The number of hydrogen-bond acceptors (Lipinski definition) is 4. The van der Waals surface area contributed by atoms with Crippen LogP contribution in [0.4, 0.5) is 11.4 Å². The fraction of sp³-hybridized carbons (Fsp3) is 0.154. The molecule has 0 radical (unpaired) electrons. The second kappa shape index (κ2) is 4.82. The highest BCUT2D eigenvalue weighted by Gasteiger charge is 2.16. The Hall–Kier alpha value is -3.03. The number of nitrogens with zero attached hydrogens (tertiary/aromatic N) is 2. The Balaban J connectivity index is 1.92. The summed E-state index contributed by atoms with van der Waals surface area (Å²) in [7, 11) is 0. The quantitative estimate of drug-likeness (QED) is 0.571. The Morgan fingerprint density at radius 1 is 1.38 bits per heavy atom. The minimum Gasteiger partial charge on any atom is -0.396 e. The summed E-state index contributed by atoms with van der Waals surface area (Å²) < 4.78 is 1.53. The van der Waals surface area contributed by atoms with Gasteiger partial charge in [0.25, 0.3) is 5.91 Å². The van der Waals surface area contributed by atoms with Crippen LogP contribution in [-0.2, 0) is 6.54 Å². The third-order valence-corrected chi connectivity index (χ3v) is 3.16. The van der Waals surface area contributed by atoms with Gasteiger partial charge in [-0.3, -0.25) is 9.48 Å². The number of imidazole rings is 1. The Morgan fingerprint density at radius 2 is 2.14 bits per heavy atom. The maximum Gasteiger partial charge on any atom is 0.323 e. The third-order valence-electron chi connectivity index (χ3n) is 3.16. The molecule has 0 saturated carbocycles. The molecule has 0 fully saturated rings. The number of aromatic amines is 2. The first kappa shape index (κ1) is 13.0. The van der Waals surface area contributed by atoms with Crippen molar-refractivity contribution in [2.24, 2.45) is 0 Å². The Bertz CT molecular complexity index is 872. The van der Waals surface area contributed by atoms with Crippen LogP contribution in [-0.4, -0.2) is 25.7 Å². The molecule has 0 bridgehead atoms. The van der Waals surface area contributed by atoms with Gasteiger partial charge in [-0.1, -0.05) is 0 Å². The van der Waals surface area contributed by atoms with Crippen LogP contribution in [0.2, 0.25) is 0 Å². The van der Waals surface area contributed by atoms with E-state index >= 15 is 0 Å². The standard InChI is InChI=1S/C13H14N6O2/c1-2-19-11(8(14)6-15-19)12(20)16-7-3-4-9-10(5-7)18-13(21)17-9/h3-6H,2,14H2,1H3,(H,16,20)(H2,17,18,21). The third kappa shape index (κ3) is 2.27. The second-order valence-corrected chi connectivity index (χ2v) is 4.56. The maximum absolute atomic E-state index is 12.3. The van der Waals surface area contributed by atoms with Crippen molar-refractivity contribution in [2.45, 2.75) is 13.5 Å². The summed E-state index contributed by atoms with van der Waals surface area (Å²) in [5.41, 5.74) is 7.98.